The highest BCUT2D eigenvalue weighted by molar-refractivity contribution is 5.81. The Morgan fingerprint density at radius 1 is 1.32 bits per heavy atom. The summed E-state index contributed by atoms with van der Waals surface area (Å²) >= 11 is 0. The maximum atomic E-state index is 5.97. The van der Waals surface area contributed by atoms with Gasteiger partial charge >= 0.3 is 0 Å². The van der Waals surface area contributed by atoms with Crippen LogP contribution in [-0.4, -0.2) is 52.4 Å². The summed E-state index contributed by atoms with van der Waals surface area (Å²) in [5.41, 5.74) is 7.63. The van der Waals surface area contributed by atoms with Crippen LogP contribution >= 0.6 is 0 Å². The first-order chi connectivity index (χ1) is 12.0. The lowest BCUT2D eigenvalue weighted by atomic mass is 10.1. The first kappa shape index (κ1) is 17.4. The first-order valence-corrected chi connectivity index (χ1v) is 8.42. The van der Waals surface area contributed by atoms with E-state index < -0.39 is 0 Å². The Hall–Kier alpha value is -2.38. The first-order valence-electron chi connectivity index (χ1n) is 8.42. The van der Waals surface area contributed by atoms with E-state index in [0.29, 0.717) is 19.0 Å². The van der Waals surface area contributed by atoms with Crippen molar-refractivity contribution >= 4 is 5.84 Å². The molecule has 1 aliphatic heterocycles. The number of para-hydroxylation sites is 1. The molecule has 1 fully saturated rings. The zero-order valence-electron chi connectivity index (χ0n) is 14.8. The van der Waals surface area contributed by atoms with Crippen LogP contribution in [0.1, 0.15) is 19.5 Å². The lowest BCUT2D eigenvalue weighted by molar-refractivity contribution is -0.0821. The molecular weight excluding hydrogens is 318 g/mol. The van der Waals surface area contributed by atoms with Crippen LogP contribution in [0.3, 0.4) is 0 Å². The van der Waals surface area contributed by atoms with Crippen LogP contribution in [0, 0.1) is 0 Å². The van der Waals surface area contributed by atoms with Crippen LogP contribution in [0.5, 0.6) is 0 Å². The van der Waals surface area contributed by atoms with E-state index in [4.69, 9.17) is 15.3 Å². The summed E-state index contributed by atoms with van der Waals surface area (Å²) in [6.07, 6.45) is 1.90. The molecule has 2 heterocycles. The van der Waals surface area contributed by atoms with Gasteiger partial charge in [-0.1, -0.05) is 23.4 Å². The standard InChI is InChI=1S/C18H25N5O2/c1-18(2)14-22(10-11-24-18)12-17(19)21-25-13-15-8-9-23(20-15)16-6-4-3-5-7-16/h3-9H,10-14H2,1-2H3,(H2,19,21). The third kappa shape index (κ3) is 5.04. The Labute approximate surface area is 148 Å². The van der Waals surface area contributed by atoms with Gasteiger partial charge in [0.2, 0.25) is 0 Å². The lowest BCUT2D eigenvalue weighted by Crippen LogP contribution is -2.50. The van der Waals surface area contributed by atoms with Crippen molar-refractivity contribution in [2.75, 3.05) is 26.2 Å². The largest absolute Gasteiger partial charge is 0.388 e. The van der Waals surface area contributed by atoms with Gasteiger partial charge in [-0.3, -0.25) is 4.90 Å². The van der Waals surface area contributed by atoms with Gasteiger partial charge in [0.15, 0.2) is 12.4 Å². The van der Waals surface area contributed by atoms with Crippen molar-refractivity contribution in [3.8, 4) is 5.69 Å². The van der Waals surface area contributed by atoms with E-state index in [9.17, 15) is 0 Å². The van der Waals surface area contributed by atoms with E-state index in [1.807, 2.05) is 47.3 Å². The summed E-state index contributed by atoms with van der Waals surface area (Å²) in [6.45, 7) is 7.39. The number of morpholine rings is 1. The van der Waals surface area contributed by atoms with Crippen molar-refractivity contribution in [2.45, 2.75) is 26.1 Å². The molecule has 1 aromatic carbocycles. The molecule has 0 saturated carbocycles. The molecule has 1 aromatic heterocycles. The number of aromatic nitrogens is 2. The molecule has 0 radical (unpaired) electrons. The predicted octanol–water partition coefficient (Wildman–Crippen LogP) is 1.77. The van der Waals surface area contributed by atoms with Crippen LogP contribution < -0.4 is 5.73 Å². The zero-order chi connectivity index (χ0) is 17.7. The van der Waals surface area contributed by atoms with Crippen molar-refractivity contribution in [1.29, 1.82) is 0 Å². The van der Waals surface area contributed by atoms with Gasteiger partial charge in [-0.05, 0) is 32.0 Å². The SMILES string of the molecule is CC1(C)CN(C/C(N)=N/OCc2ccn(-c3ccccc3)n2)CCO1. The van der Waals surface area contributed by atoms with Gasteiger partial charge in [-0.15, -0.1) is 0 Å². The normalized spacial score (nSPS) is 18.2. The smallest absolute Gasteiger partial charge is 0.161 e. The number of nitrogens with two attached hydrogens (primary N) is 1. The predicted molar refractivity (Wildman–Crippen MR) is 96.4 cm³/mol. The average molecular weight is 343 g/mol. The summed E-state index contributed by atoms with van der Waals surface area (Å²) < 4.78 is 7.50. The third-order valence-electron chi connectivity index (χ3n) is 3.95. The fraction of sp³-hybridized carbons (Fsp3) is 0.444. The van der Waals surface area contributed by atoms with Gasteiger partial charge < -0.3 is 15.3 Å². The molecule has 7 nitrogen and oxygen atoms in total. The topological polar surface area (TPSA) is 77.9 Å². The maximum absolute atomic E-state index is 5.97. The molecular formula is C18H25N5O2. The van der Waals surface area contributed by atoms with E-state index in [1.54, 1.807) is 0 Å². The maximum Gasteiger partial charge on any atom is 0.161 e. The second kappa shape index (κ2) is 7.67. The van der Waals surface area contributed by atoms with Crippen LogP contribution in [-0.2, 0) is 16.2 Å². The number of hydrogen-bond acceptors (Lipinski definition) is 5. The van der Waals surface area contributed by atoms with E-state index in [0.717, 1.165) is 24.5 Å². The minimum absolute atomic E-state index is 0.149. The Morgan fingerprint density at radius 2 is 2.12 bits per heavy atom. The van der Waals surface area contributed by atoms with Gasteiger partial charge in [0.25, 0.3) is 0 Å². The molecule has 0 aliphatic carbocycles. The Kier molecular flexibility index (Phi) is 5.35. The van der Waals surface area contributed by atoms with Crippen LogP contribution in [0.15, 0.2) is 47.8 Å². The second-order valence-electron chi connectivity index (χ2n) is 6.76. The highest BCUT2D eigenvalue weighted by Gasteiger charge is 2.27. The number of nitrogens with zero attached hydrogens (tertiary/aromatic N) is 4. The summed E-state index contributed by atoms with van der Waals surface area (Å²) in [7, 11) is 0. The number of ether oxygens (including phenoxy) is 1. The highest BCUT2D eigenvalue weighted by atomic mass is 16.6. The summed E-state index contributed by atoms with van der Waals surface area (Å²) in [5, 5.41) is 8.47. The number of benzene rings is 1. The van der Waals surface area contributed by atoms with E-state index in [-0.39, 0.29) is 12.2 Å². The molecule has 25 heavy (non-hydrogen) atoms. The molecule has 0 amide bonds. The molecule has 2 N–H and O–H groups in total. The van der Waals surface area contributed by atoms with Crippen LogP contribution in [0.25, 0.3) is 5.69 Å². The lowest BCUT2D eigenvalue weighted by Gasteiger charge is -2.37. The van der Waals surface area contributed by atoms with E-state index >= 15 is 0 Å². The Balaban J connectivity index is 1.49. The highest BCUT2D eigenvalue weighted by Crippen LogP contribution is 2.15. The van der Waals surface area contributed by atoms with E-state index in [1.165, 1.54) is 0 Å². The summed E-state index contributed by atoms with van der Waals surface area (Å²) in [4.78, 5) is 7.57. The molecule has 1 saturated heterocycles. The Bertz CT molecular complexity index is 711. The van der Waals surface area contributed by atoms with E-state index in [2.05, 4.69) is 29.0 Å². The van der Waals surface area contributed by atoms with Crippen LogP contribution in [0.4, 0.5) is 0 Å². The molecule has 0 unspecified atom stereocenters. The van der Waals surface area contributed by atoms with Gasteiger partial charge in [-0.2, -0.15) is 5.10 Å². The Morgan fingerprint density at radius 3 is 2.88 bits per heavy atom. The number of oxime groups is 1. The van der Waals surface area contributed by atoms with Gasteiger partial charge in [-0.25, -0.2) is 4.68 Å². The molecule has 134 valence electrons. The summed E-state index contributed by atoms with van der Waals surface area (Å²) in [5.74, 6) is 0.459. The van der Waals surface area contributed by atoms with Gasteiger partial charge in [0.1, 0.15) is 5.69 Å². The molecule has 7 heteroatoms. The van der Waals surface area contributed by atoms with Crippen molar-refractivity contribution in [3.63, 3.8) is 0 Å². The quantitative estimate of drug-likeness (QED) is 0.491. The van der Waals surface area contributed by atoms with Crippen molar-refractivity contribution < 1.29 is 9.57 Å². The zero-order valence-corrected chi connectivity index (χ0v) is 14.8. The van der Waals surface area contributed by atoms with Crippen molar-refractivity contribution in [3.05, 3.63) is 48.3 Å². The fourth-order valence-corrected chi connectivity index (χ4v) is 2.85. The molecule has 1 aliphatic rings. The fourth-order valence-electron chi connectivity index (χ4n) is 2.85. The van der Waals surface area contributed by atoms with Gasteiger partial charge in [0.05, 0.1) is 24.4 Å². The van der Waals surface area contributed by atoms with Crippen molar-refractivity contribution in [2.24, 2.45) is 10.9 Å². The second-order valence-corrected chi connectivity index (χ2v) is 6.76. The number of hydrogen-bond donors (Lipinski definition) is 1. The molecule has 0 atom stereocenters. The third-order valence-corrected chi connectivity index (χ3v) is 3.95. The molecule has 0 spiro atoms. The minimum Gasteiger partial charge on any atom is -0.388 e. The van der Waals surface area contributed by atoms with Crippen molar-refractivity contribution in [1.82, 2.24) is 14.7 Å². The molecule has 0 bridgehead atoms. The van der Waals surface area contributed by atoms with Gasteiger partial charge in [0, 0.05) is 19.3 Å². The molecule has 3 rings (SSSR count). The average Bonchev–Trinajstić information content (AvgIpc) is 3.03. The summed E-state index contributed by atoms with van der Waals surface area (Å²) in [6, 6.07) is 11.8. The molecule has 2 aromatic rings. The number of rotatable bonds is 6. The minimum atomic E-state index is -0.149. The van der Waals surface area contributed by atoms with Crippen LogP contribution in [0.2, 0.25) is 0 Å². The monoisotopic (exact) mass is 343 g/mol. The number of amidine groups is 1.